The van der Waals surface area contributed by atoms with Crippen LogP contribution in [0.15, 0.2) is 53.7 Å². The molecule has 1 aromatic carbocycles. The van der Waals surface area contributed by atoms with Gasteiger partial charge in [-0.25, -0.2) is 4.79 Å². The van der Waals surface area contributed by atoms with E-state index in [1.807, 2.05) is 56.3 Å². The number of hydrogen-bond donors (Lipinski definition) is 0. The number of para-hydroxylation sites is 1. The minimum Gasteiger partial charge on any atom is -0.475 e. The summed E-state index contributed by atoms with van der Waals surface area (Å²) in [5.41, 5.74) is -0.0632. The van der Waals surface area contributed by atoms with Gasteiger partial charge in [0, 0.05) is 5.92 Å². The zero-order valence-electron chi connectivity index (χ0n) is 13.8. The monoisotopic (exact) mass is 315 g/mol. The standard InChI is InChI=1S/C18H21NO4/c1-13-9-5-6-11-15(13)23-18(12-8-7-10-14(18)2)16(19-22-4)17(20)21-3/h5-12,14H,1-4H3/b19-16-. The molecule has 2 unspecified atom stereocenters. The SMILES string of the molecule is CO/N=C(/C(=O)OC)C1(Oc2ccccc2C)C=CC=CC1C. The van der Waals surface area contributed by atoms with Gasteiger partial charge in [0.05, 0.1) is 7.11 Å². The molecular formula is C18H21NO4. The fourth-order valence-electron chi connectivity index (χ4n) is 2.50. The summed E-state index contributed by atoms with van der Waals surface area (Å²) in [7, 11) is 2.69. The van der Waals surface area contributed by atoms with Crippen LogP contribution in [0.2, 0.25) is 0 Å². The third-order valence-corrected chi connectivity index (χ3v) is 3.84. The first-order valence-corrected chi connectivity index (χ1v) is 7.35. The molecule has 1 aliphatic carbocycles. The maximum Gasteiger partial charge on any atom is 0.360 e. The van der Waals surface area contributed by atoms with E-state index in [0.29, 0.717) is 5.75 Å². The first-order chi connectivity index (χ1) is 11.0. The van der Waals surface area contributed by atoms with Gasteiger partial charge in [0.2, 0.25) is 5.71 Å². The van der Waals surface area contributed by atoms with Gasteiger partial charge in [-0.1, -0.05) is 48.5 Å². The van der Waals surface area contributed by atoms with Gasteiger partial charge in [-0.15, -0.1) is 0 Å². The predicted octanol–water partition coefficient (Wildman–Crippen LogP) is 3.05. The van der Waals surface area contributed by atoms with Crippen molar-refractivity contribution in [3.8, 4) is 5.75 Å². The number of esters is 1. The molecule has 2 rings (SSSR count). The minimum absolute atomic E-state index is 0.0684. The van der Waals surface area contributed by atoms with Gasteiger partial charge in [0.1, 0.15) is 12.9 Å². The quantitative estimate of drug-likeness (QED) is 0.476. The van der Waals surface area contributed by atoms with Crippen LogP contribution in [0.4, 0.5) is 0 Å². The number of methoxy groups -OCH3 is 1. The lowest BCUT2D eigenvalue weighted by Gasteiger charge is -2.36. The lowest BCUT2D eigenvalue weighted by Crippen LogP contribution is -2.52. The van der Waals surface area contributed by atoms with E-state index in [9.17, 15) is 4.79 Å². The first-order valence-electron chi connectivity index (χ1n) is 7.35. The Balaban J connectivity index is 2.55. The number of nitrogens with zero attached hydrogens (tertiary/aromatic N) is 1. The van der Waals surface area contributed by atoms with Crippen molar-refractivity contribution in [2.24, 2.45) is 11.1 Å². The molecule has 5 heteroatoms. The molecule has 0 saturated carbocycles. The molecule has 0 bridgehead atoms. The van der Waals surface area contributed by atoms with Crippen molar-refractivity contribution in [2.75, 3.05) is 14.2 Å². The molecule has 0 aromatic heterocycles. The van der Waals surface area contributed by atoms with Gasteiger partial charge in [0.15, 0.2) is 5.60 Å². The largest absolute Gasteiger partial charge is 0.475 e. The van der Waals surface area contributed by atoms with Gasteiger partial charge in [-0.2, -0.15) is 0 Å². The second-order valence-corrected chi connectivity index (χ2v) is 5.31. The van der Waals surface area contributed by atoms with E-state index in [4.69, 9.17) is 14.3 Å². The molecule has 0 aliphatic heterocycles. The van der Waals surface area contributed by atoms with Crippen molar-refractivity contribution in [1.82, 2.24) is 0 Å². The van der Waals surface area contributed by atoms with Crippen LogP contribution in [0.25, 0.3) is 0 Å². The Morgan fingerprint density at radius 2 is 1.96 bits per heavy atom. The molecule has 122 valence electrons. The number of carbonyl (C=O) groups is 1. The first kappa shape index (κ1) is 16.8. The second kappa shape index (κ2) is 7.13. The normalized spacial score (nSPS) is 23.5. The minimum atomic E-state index is -1.09. The maximum atomic E-state index is 12.3. The number of benzene rings is 1. The predicted molar refractivity (Wildman–Crippen MR) is 88.4 cm³/mol. The summed E-state index contributed by atoms with van der Waals surface area (Å²) in [4.78, 5) is 17.1. The van der Waals surface area contributed by atoms with Crippen molar-refractivity contribution in [3.05, 3.63) is 54.1 Å². The molecular weight excluding hydrogens is 294 g/mol. The molecule has 23 heavy (non-hydrogen) atoms. The Kier molecular flexibility index (Phi) is 5.21. The summed E-state index contributed by atoms with van der Waals surface area (Å²) >= 11 is 0. The molecule has 2 atom stereocenters. The maximum absolute atomic E-state index is 12.3. The fourth-order valence-corrected chi connectivity index (χ4v) is 2.50. The molecule has 1 aromatic rings. The summed E-state index contributed by atoms with van der Waals surface area (Å²) in [6.07, 6.45) is 7.49. The van der Waals surface area contributed by atoms with Crippen molar-refractivity contribution in [1.29, 1.82) is 0 Å². The highest BCUT2D eigenvalue weighted by Gasteiger charge is 2.46. The third kappa shape index (κ3) is 3.28. The summed E-state index contributed by atoms with van der Waals surface area (Å²) in [6.45, 7) is 3.90. The number of aryl methyl sites for hydroxylation is 1. The topological polar surface area (TPSA) is 57.1 Å². The molecule has 0 saturated heterocycles. The van der Waals surface area contributed by atoms with Crippen molar-refractivity contribution >= 4 is 11.7 Å². The van der Waals surface area contributed by atoms with Crippen LogP contribution in [0.3, 0.4) is 0 Å². The van der Waals surface area contributed by atoms with Crippen LogP contribution in [-0.2, 0) is 14.4 Å². The average molecular weight is 315 g/mol. The summed E-state index contributed by atoms with van der Waals surface area (Å²) in [5, 5.41) is 3.90. The summed E-state index contributed by atoms with van der Waals surface area (Å²) in [5.74, 6) is -0.0562. The van der Waals surface area contributed by atoms with E-state index in [1.165, 1.54) is 14.2 Å². The average Bonchev–Trinajstić information content (AvgIpc) is 2.56. The molecule has 0 N–H and O–H groups in total. The highest BCUT2D eigenvalue weighted by Crippen LogP contribution is 2.34. The lowest BCUT2D eigenvalue weighted by atomic mass is 9.80. The Morgan fingerprint density at radius 3 is 2.57 bits per heavy atom. The molecule has 0 radical (unpaired) electrons. The summed E-state index contributed by atoms with van der Waals surface area (Å²) in [6, 6.07) is 7.62. The Bertz CT molecular complexity index is 663. The zero-order chi connectivity index (χ0) is 16.9. The Morgan fingerprint density at radius 1 is 1.22 bits per heavy atom. The molecule has 0 amide bonds. The van der Waals surface area contributed by atoms with Gasteiger partial charge >= 0.3 is 5.97 Å². The van der Waals surface area contributed by atoms with Gasteiger partial charge in [0.25, 0.3) is 0 Å². The van der Waals surface area contributed by atoms with Crippen LogP contribution in [0.1, 0.15) is 12.5 Å². The van der Waals surface area contributed by atoms with Crippen molar-refractivity contribution in [3.63, 3.8) is 0 Å². The lowest BCUT2D eigenvalue weighted by molar-refractivity contribution is -0.133. The molecule has 5 nitrogen and oxygen atoms in total. The van der Waals surface area contributed by atoms with E-state index in [0.717, 1.165) is 5.56 Å². The third-order valence-electron chi connectivity index (χ3n) is 3.84. The molecule has 1 aliphatic rings. The van der Waals surface area contributed by atoms with E-state index in [-0.39, 0.29) is 11.6 Å². The Labute approximate surface area is 136 Å². The number of hydrogen-bond acceptors (Lipinski definition) is 5. The van der Waals surface area contributed by atoms with Crippen LogP contribution in [0, 0.1) is 12.8 Å². The van der Waals surface area contributed by atoms with Crippen molar-refractivity contribution < 1.29 is 19.1 Å². The summed E-state index contributed by atoms with van der Waals surface area (Å²) < 4.78 is 11.1. The smallest absolute Gasteiger partial charge is 0.360 e. The van der Waals surface area contributed by atoms with Crippen molar-refractivity contribution in [2.45, 2.75) is 19.4 Å². The Hall–Kier alpha value is -2.56. The highest BCUT2D eigenvalue weighted by molar-refractivity contribution is 6.40. The van der Waals surface area contributed by atoms with Crippen LogP contribution >= 0.6 is 0 Å². The number of oxime groups is 1. The number of ether oxygens (including phenoxy) is 2. The zero-order valence-corrected chi connectivity index (χ0v) is 13.8. The van der Waals surface area contributed by atoms with Crippen LogP contribution in [0.5, 0.6) is 5.75 Å². The number of carbonyl (C=O) groups excluding carboxylic acids is 1. The van der Waals surface area contributed by atoms with E-state index >= 15 is 0 Å². The number of allylic oxidation sites excluding steroid dienone is 2. The number of rotatable bonds is 5. The van der Waals surface area contributed by atoms with Crippen LogP contribution in [-0.4, -0.2) is 31.5 Å². The fraction of sp³-hybridized carbons (Fsp3) is 0.333. The molecule has 0 fully saturated rings. The van der Waals surface area contributed by atoms with Gasteiger partial charge < -0.3 is 14.3 Å². The molecule has 0 spiro atoms. The van der Waals surface area contributed by atoms with E-state index in [1.54, 1.807) is 6.08 Å². The van der Waals surface area contributed by atoms with Gasteiger partial charge in [-0.3, -0.25) is 0 Å². The van der Waals surface area contributed by atoms with E-state index in [2.05, 4.69) is 5.16 Å². The molecule has 0 heterocycles. The highest BCUT2D eigenvalue weighted by atomic mass is 16.6. The van der Waals surface area contributed by atoms with E-state index < -0.39 is 11.6 Å². The van der Waals surface area contributed by atoms with Gasteiger partial charge in [-0.05, 0) is 24.6 Å². The van der Waals surface area contributed by atoms with Crippen LogP contribution < -0.4 is 4.74 Å². The second-order valence-electron chi connectivity index (χ2n) is 5.31.